The molecule has 10 heteroatoms. The molecule has 0 atom stereocenters. The minimum absolute atomic E-state index is 0. The summed E-state index contributed by atoms with van der Waals surface area (Å²) in [5.41, 5.74) is 0.484. The number of anilines is 1. The molecule has 0 unspecified atom stereocenters. The van der Waals surface area contributed by atoms with Crippen molar-refractivity contribution in [3.63, 3.8) is 0 Å². The Hall–Kier alpha value is -2.55. The fraction of sp³-hybridized carbons (Fsp3) is 0.150. The molecule has 0 aliphatic heterocycles. The Bertz CT molecular complexity index is 1150. The molecule has 0 radical (unpaired) electrons. The van der Waals surface area contributed by atoms with Crippen molar-refractivity contribution >= 4 is 56.6 Å². The molecular weight excluding hydrogens is 453 g/mol. The number of fused-ring (bicyclic) bond motifs is 1. The zero-order valence-electron chi connectivity index (χ0n) is 15.5. The highest BCUT2D eigenvalue weighted by Crippen LogP contribution is 2.32. The first-order valence-electron chi connectivity index (χ1n) is 8.80. The van der Waals surface area contributed by atoms with E-state index in [9.17, 15) is 13.6 Å². The summed E-state index contributed by atoms with van der Waals surface area (Å²) in [4.78, 5) is 22.9. The van der Waals surface area contributed by atoms with Crippen LogP contribution in [0, 0.1) is 11.6 Å². The molecule has 0 N–H and O–H groups in total. The first kappa shape index (κ1) is 22.1. The highest BCUT2D eigenvalue weighted by molar-refractivity contribution is 7.22. The lowest BCUT2D eigenvalue weighted by Crippen LogP contribution is -2.32. The smallest absolute Gasteiger partial charge is 0.260 e. The van der Waals surface area contributed by atoms with Crippen LogP contribution in [-0.2, 0) is 6.54 Å². The maximum absolute atomic E-state index is 14.1. The molecular formula is C20H16Cl2F2N4OS. The van der Waals surface area contributed by atoms with E-state index in [1.54, 1.807) is 36.8 Å². The van der Waals surface area contributed by atoms with Crippen LogP contribution >= 0.6 is 35.3 Å². The number of aryl methyl sites for hydroxylation is 1. The lowest BCUT2D eigenvalue weighted by molar-refractivity contribution is 0.0986. The van der Waals surface area contributed by atoms with E-state index in [1.165, 1.54) is 11.0 Å². The van der Waals surface area contributed by atoms with E-state index in [-0.39, 0.29) is 23.8 Å². The molecule has 2 aromatic heterocycles. The third-order valence-corrected chi connectivity index (χ3v) is 5.60. The van der Waals surface area contributed by atoms with E-state index in [1.807, 2.05) is 10.8 Å². The molecule has 156 valence electrons. The van der Waals surface area contributed by atoms with Crippen LogP contribution in [0.15, 0.2) is 55.1 Å². The minimum atomic E-state index is -0.750. The van der Waals surface area contributed by atoms with E-state index in [0.29, 0.717) is 39.9 Å². The van der Waals surface area contributed by atoms with Gasteiger partial charge in [-0.15, -0.1) is 12.4 Å². The van der Waals surface area contributed by atoms with Crippen LogP contribution in [0.25, 0.3) is 10.2 Å². The molecule has 0 saturated heterocycles. The molecule has 4 rings (SSSR count). The number of carbonyl (C=O) groups excluding carboxylic acids is 1. The number of nitrogens with zero attached hydrogens (tertiary/aromatic N) is 4. The molecule has 4 aromatic rings. The van der Waals surface area contributed by atoms with Gasteiger partial charge in [-0.25, -0.2) is 18.7 Å². The van der Waals surface area contributed by atoms with E-state index >= 15 is 0 Å². The second kappa shape index (κ2) is 9.51. The van der Waals surface area contributed by atoms with Crippen molar-refractivity contribution in [3.05, 3.63) is 77.3 Å². The normalized spacial score (nSPS) is 10.8. The summed E-state index contributed by atoms with van der Waals surface area (Å²) in [5.74, 6) is -1.71. The molecule has 5 nitrogen and oxygen atoms in total. The summed E-state index contributed by atoms with van der Waals surface area (Å²) < 4.78 is 29.9. The van der Waals surface area contributed by atoms with Gasteiger partial charge in [0, 0.05) is 42.1 Å². The Morgan fingerprint density at radius 3 is 2.67 bits per heavy atom. The topological polar surface area (TPSA) is 51.0 Å². The van der Waals surface area contributed by atoms with Crippen molar-refractivity contribution in [2.24, 2.45) is 0 Å². The van der Waals surface area contributed by atoms with Crippen LogP contribution in [0.2, 0.25) is 5.02 Å². The molecule has 0 fully saturated rings. The van der Waals surface area contributed by atoms with Gasteiger partial charge in [-0.1, -0.05) is 22.9 Å². The zero-order valence-corrected chi connectivity index (χ0v) is 17.9. The quantitative estimate of drug-likeness (QED) is 0.370. The van der Waals surface area contributed by atoms with Crippen molar-refractivity contribution in [1.82, 2.24) is 14.5 Å². The van der Waals surface area contributed by atoms with Gasteiger partial charge in [0.2, 0.25) is 0 Å². The van der Waals surface area contributed by atoms with Crippen molar-refractivity contribution in [3.8, 4) is 0 Å². The monoisotopic (exact) mass is 468 g/mol. The summed E-state index contributed by atoms with van der Waals surface area (Å²) in [6.07, 6.45) is 5.84. The molecule has 0 aliphatic carbocycles. The highest BCUT2D eigenvalue weighted by Gasteiger charge is 2.22. The molecule has 2 heterocycles. The number of halogens is 4. The summed E-state index contributed by atoms with van der Waals surface area (Å²) in [6, 6.07) is 8.52. The van der Waals surface area contributed by atoms with Gasteiger partial charge in [-0.05, 0) is 36.8 Å². The van der Waals surface area contributed by atoms with Gasteiger partial charge < -0.3 is 4.57 Å². The SMILES string of the molecule is Cl.O=C(c1ccc(Cl)cc1)N(CCCn1ccnc1)c1nc2c(F)cc(F)cc2s1. The first-order valence-corrected chi connectivity index (χ1v) is 9.99. The van der Waals surface area contributed by atoms with E-state index < -0.39 is 11.6 Å². The summed E-state index contributed by atoms with van der Waals surface area (Å²) in [5, 5.41) is 0.834. The lowest BCUT2D eigenvalue weighted by Gasteiger charge is -2.20. The van der Waals surface area contributed by atoms with E-state index in [4.69, 9.17) is 11.6 Å². The standard InChI is InChI=1S/C20H15ClF2N4OS.ClH/c21-14-4-2-13(3-5-14)19(28)27(8-1-7-26-9-6-24-12-26)20-25-18-16(23)10-15(22)11-17(18)29-20;/h2-6,9-12H,1,7-8H2;1H. The maximum Gasteiger partial charge on any atom is 0.260 e. The number of rotatable bonds is 6. The van der Waals surface area contributed by atoms with Crippen molar-refractivity contribution in [2.45, 2.75) is 13.0 Å². The van der Waals surface area contributed by atoms with Crippen LogP contribution in [0.3, 0.4) is 0 Å². The predicted molar refractivity (Wildman–Crippen MR) is 117 cm³/mol. The van der Waals surface area contributed by atoms with E-state index in [2.05, 4.69) is 9.97 Å². The average molecular weight is 469 g/mol. The second-order valence-electron chi connectivity index (χ2n) is 6.35. The lowest BCUT2D eigenvalue weighted by atomic mass is 10.2. The Morgan fingerprint density at radius 2 is 1.97 bits per heavy atom. The highest BCUT2D eigenvalue weighted by atomic mass is 35.5. The zero-order chi connectivity index (χ0) is 20.4. The van der Waals surface area contributed by atoms with Crippen LogP contribution in [0.1, 0.15) is 16.8 Å². The minimum Gasteiger partial charge on any atom is -0.337 e. The van der Waals surface area contributed by atoms with Crippen LogP contribution in [0.5, 0.6) is 0 Å². The molecule has 0 aliphatic rings. The molecule has 0 bridgehead atoms. The van der Waals surface area contributed by atoms with Crippen molar-refractivity contribution in [2.75, 3.05) is 11.4 Å². The molecule has 1 amide bonds. The second-order valence-corrected chi connectivity index (χ2v) is 7.79. The number of thiazole rings is 1. The number of hydrogen-bond donors (Lipinski definition) is 0. The number of hydrogen-bond acceptors (Lipinski definition) is 4. The Morgan fingerprint density at radius 1 is 1.20 bits per heavy atom. The maximum atomic E-state index is 14.1. The Kier molecular flexibility index (Phi) is 7.02. The average Bonchev–Trinajstić information content (AvgIpc) is 3.35. The van der Waals surface area contributed by atoms with Crippen molar-refractivity contribution < 1.29 is 13.6 Å². The predicted octanol–water partition coefficient (Wildman–Crippen LogP) is 5.58. The van der Waals surface area contributed by atoms with Gasteiger partial charge in [0.1, 0.15) is 11.3 Å². The van der Waals surface area contributed by atoms with Gasteiger partial charge in [-0.3, -0.25) is 9.69 Å². The molecule has 30 heavy (non-hydrogen) atoms. The van der Waals surface area contributed by atoms with Crippen LogP contribution < -0.4 is 4.90 Å². The van der Waals surface area contributed by atoms with Gasteiger partial charge in [0.15, 0.2) is 10.9 Å². The van der Waals surface area contributed by atoms with Gasteiger partial charge in [0.25, 0.3) is 5.91 Å². The third kappa shape index (κ3) is 4.77. The van der Waals surface area contributed by atoms with Crippen LogP contribution in [-0.4, -0.2) is 27.0 Å². The third-order valence-electron chi connectivity index (χ3n) is 4.33. The van der Waals surface area contributed by atoms with E-state index in [0.717, 1.165) is 17.4 Å². The van der Waals surface area contributed by atoms with Crippen LogP contribution in [0.4, 0.5) is 13.9 Å². The van der Waals surface area contributed by atoms with Gasteiger partial charge >= 0.3 is 0 Å². The number of benzene rings is 2. The van der Waals surface area contributed by atoms with Gasteiger partial charge in [-0.2, -0.15) is 0 Å². The molecule has 0 spiro atoms. The molecule has 0 saturated carbocycles. The van der Waals surface area contributed by atoms with Crippen molar-refractivity contribution in [1.29, 1.82) is 0 Å². The first-order chi connectivity index (χ1) is 14.0. The Balaban J connectivity index is 0.00000256. The largest absolute Gasteiger partial charge is 0.337 e. The number of aromatic nitrogens is 3. The fourth-order valence-corrected chi connectivity index (χ4v) is 4.08. The number of carbonyl (C=O) groups is 1. The summed E-state index contributed by atoms with van der Waals surface area (Å²) >= 11 is 6.99. The summed E-state index contributed by atoms with van der Waals surface area (Å²) in [7, 11) is 0. The fourth-order valence-electron chi connectivity index (χ4n) is 2.92. The molecule has 2 aromatic carbocycles. The number of amides is 1. The van der Waals surface area contributed by atoms with Gasteiger partial charge in [0.05, 0.1) is 11.0 Å². The number of imidazole rings is 1. The summed E-state index contributed by atoms with van der Waals surface area (Å²) in [6.45, 7) is 1.00. The Labute approximate surface area is 186 Å².